The third kappa shape index (κ3) is 3.37. The number of aliphatic hydroxyl groups is 1. The van der Waals surface area contributed by atoms with Crippen molar-refractivity contribution in [1.29, 1.82) is 0 Å². The van der Waals surface area contributed by atoms with E-state index in [9.17, 15) is 9.90 Å². The first kappa shape index (κ1) is 16.4. The van der Waals surface area contributed by atoms with Gasteiger partial charge in [-0.1, -0.05) is 42.1 Å². The van der Waals surface area contributed by atoms with Crippen molar-refractivity contribution in [3.05, 3.63) is 54.6 Å². The molecule has 7 heteroatoms. The number of nitrogens with two attached hydrogens (primary N) is 1. The first-order valence-corrected chi connectivity index (χ1v) is 8.28. The van der Waals surface area contributed by atoms with E-state index in [1.807, 2.05) is 53.4 Å². The third-order valence-corrected chi connectivity index (χ3v) is 4.80. The molecule has 0 fully saturated rings. The number of hydrogen-bond donors (Lipinski definition) is 3. The third-order valence-electron chi connectivity index (χ3n) is 3.59. The van der Waals surface area contributed by atoms with Crippen molar-refractivity contribution in [2.24, 2.45) is 4.99 Å². The molecule has 4 N–H and O–H groups in total. The second-order valence-corrected chi connectivity index (χ2v) is 6.52. The average Bonchev–Trinajstić information content (AvgIpc) is 2.90. The maximum atomic E-state index is 11.0. The fourth-order valence-electron chi connectivity index (χ4n) is 2.47. The van der Waals surface area contributed by atoms with E-state index < -0.39 is 17.4 Å². The molecule has 0 amide bonds. The Morgan fingerprint density at radius 3 is 2.50 bits per heavy atom. The zero-order valence-corrected chi connectivity index (χ0v) is 13.6. The number of aliphatic imine (C=N–C) groups is 1. The Balaban J connectivity index is 1.99. The molecule has 2 atom stereocenters. The number of carbonyl (C=O) groups is 1. The van der Waals surface area contributed by atoms with Gasteiger partial charge in [0, 0.05) is 5.69 Å². The predicted octanol–water partition coefficient (Wildman–Crippen LogP) is 2.67. The summed E-state index contributed by atoms with van der Waals surface area (Å²) in [6, 6.07) is 16.9. The van der Waals surface area contributed by atoms with Crippen LogP contribution in [0.15, 0.2) is 59.6 Å². The molecule has 1 aliphatic rings. The van der Waals surface area contributed by atoms with E-state index in [-0.39, 0.29) is 6.42 Å². The quantitative estimate of drug-likeness (QED) is 0.738. The zero-order valence-electron chi connectivity index (χ0n) is 12.7. The molecule has 1 heterocycles. The molecule has 0 spiro atoms. The monoisotopic (exact) mass is 343 g/mol. The summed E-state index contributed by atoms with van der Waals surface area (Å²) in [5.41, 5.74) is 8.26. The summed E-state index contributed by atoms with van der Waals surface area (Å²) in [7, 11) is 0. The average molecular weight is 343 g/mol. The van der Waals surface area contributed by atoms with Gasteiger partial charge in [0.25, 0.3) is 0 Å². The summed E-state index contributed by atoms with van der Waals surface area (Å²) in [5.74, 6) is -0.964. The topological polar surface area (TPSA) is 99.1 Å². The van der Waals surface area contributed by atoms with Gasteiger partial charge in [-0.15, -0.1) is 0 Å². The van der Waals surface area contributed by atoms with E-state index in [0.717, 1.165) is 11.4 Å². The second kappa shape index (κ2) is 6.94. The number of carboxylic acid groups (broad SMARTS) is 1. The van der Waals surface area contributed by atoms with Crippen molar-refractivity contribution in [2.75, 3.05) is 10.6 Å². The van der Waals surface area contributed by atoms with Crippen LogP contribution in [0.3, 0.4) is 0 Å². The molecular formula is C17H17N3O3S. The Morgan fingerprint density at radius 1 is 1.17 bits per heavy atom. The maximum Gasteiger partial charge on any atom is 0.304 e. The first-order chi connectivity index (χ1) is 11.6. The highest BCUT2D eigenvalue weighted by Gasteiger charge is 2.34. The number of hydrogen-bond acceptors (Lipinski definition) is 6. The lowest BCUT2D eigenvalue weighted by Gasteiger charge is -2.25. The molecule has 0 aliphatic carbocycles. The van der Waals surface area contributed by atoms with Gasteiger partial charge in [0.2, 0.25) is 0 Å². The summed E-state index contributed by atoms with van der Waals surface area (Å²) in [6.07, 6.45) is -1.22. The van der Waals surface area contributed by atoms with Crippen LogP contribution in [0.25, 0.3) is 0 Å². The van der Waals surface area contributed by atoms with Crippen molar-refractivity contribution in [3.63, 3.8) is 0 Å². The van der Waals surface area contributed by atoms with Gasteiger partial charge in [-0.2, -0.15) is 0 Å². The highest BCUT2D eigenvalue weighted by Crippen LogP contribution is 2.38. The number of carboxylic acids is 1. The van der Waals surface area contributed by atoms with Gasteiger partial charge in [0.1, 0.15) is 0 Å². The van der Waals surface area contributed by atoms with Gasteiger partial charge < -0.3 is 15.9 Å². The fourth-order valence-corrected chi connectivity index (χ4v) is 3.63. The molecule has 0 aromatic heterocycles. The van der Waals surface area contributed by atoms with Crippen LogP contribution in [0, 0.1) is 0 Å². The molecule has 24 heavy (non-hydrogen) atoms. The minimum Gasteiger partial charge on any atom is -0.481 e. The van der Waals surface area contributed by atoms with Gasteiger partial charge in [-0.25, -0.2) is 4.99 Å². The summed E-state index contributed by atoms with van der Waals surface area (Å²) in [5, 5.41) is 19.1. The smallest absolute Gasteiger partial charge is 0.304 e. The molecule has 3 rings (SSSR count). The zero-order chi connectivity index (χ0) is 17.1. The predicted molar refractivity (Wildman–Crippen MR) is 96.5 cm³/mol. The van der Waals surface area contributed by atoms with Crippen LogP contribution in [0.4, 0.5) is 17.1 Å². The van der Waals surface area contributed by atoms with E-state index in [1.54, 1.807) is 6.07 Å². The molecule has 2 unspecified atom stereocenters. The number of amidine groups is 1. The van der Waals surface area contributed by atoms with Crippen LogP contribution in [-0.2, 0) is 4.79 Å². The van der Waals surface area contributed by atoms with E-state index in [2.05, 4.69) is 4.99 Å². The minimum atomic E-state index is -1.06. The number of nitrogens with zero attached hydrogens (tertiary/aromatic N) is 2. The first-order valence-electron chi connectivity index (χ1n) is 7.40. The summed E-state index contributed by atoms with van der Waals surface area (Å²) in [6.45, 7) is 0. The number of aliphatic hydroxyl groups excluding tert-OH is 1. The molecule has 0 saturated heterocycles. The molecule has 124 valence electrons. The van der Waals surface area contributed by atoms with Gasteiger partial charge in [0.15, 0.2) is 11.4 Å². The lowest BCUT2D eigenvalue weighted by Crippen LogP contribution is -2.24. The Labute approximate surface area is 143 Å². The minimum absolute atomic E-state index is 0.161. The SMILES string of the molecule is Nc1ccccc1N(C1=NC(O)C(CC(=O)O)S1)c1ccccc1. The number of benzene rings is 2. The lowest BCUT2D eigenvalue weighted by atomic mass is 10.2. The van der Waals surface area contributed by atoms with E-state index in [0.29, 0.717) is 10.9 Å². The van der Waals surface area contributed by atoms with Crippen LogP contribution < -0.4 is 10.6 Å². The number of nitrogen functional groups attached to an aromatic ring is 1. The van der Waals surface area contributed by atoms with Crippen molar-refractivity contribution < 1.29 is 15.0 Å². The van der Waals surface area contributed by atoms with Crippen LogP contribution in [-0.4, -0.2) is 32.8 Å². The highest BCUT2D eigenvalue weighted by molar-refractivity contribution is 8.15. The van der Waals surface area contributed by atoms with Gasteiger partial charge >= 0.3 is 5.97 Å². The van der Waals surface area contributed by atoms with Gasteiger partial charge in [0.05, 0.1) is 23.0 Å². The molecular weight excluding hydrogens is 326 g/mol. The molecule has 0 radical (unpaired) electrons. The van der Waals surface area contributed by atoms with Crippen LogP contribution >= 0.6 is 11.8 Å². The Morgan fingerprint density at radius 2 is 1.83 bits per heavy atom. The molecule has 2 aromatic carbocycles. The summed E-state index contributed by atoms with van der Waals surface area (Å²) in [4.78, 5) is 17.1. The van der Waals surface area contributed by atoms with Crippen molar-refractivity contribution in [3.8, 4) is 0 Å². The lowest BCUT2D eigenvalue weighted by molar-refractivity contribution is -0.137. The van der Waals surface area contributed by atoms with Crippen LogP contribution in [0.5, 0.6) is 0 Å². The van der Waals surface area contributed by atoms with Crippen molar-refractivity contribution in [1.82, 2.24) is 0 Å². The number of anilines is 3. The standard InChI is InChI=1S/C17H17N3O3S/c18-12-8-4-5-9-13(12)20(11-6-2-1-3-7-11)17-19-16(23)14(24-17)10-15(21)22/h1-9,14,16,23H,10,18H2,(H,21,22). The number of thioether (sulfide) groups is 1. The molecule has 2 aromatic rings. The fraction of sp³-hybridized carbons (Fsp3) is 0.176. The van der Waals surface area contributed by atoms with Gasteiger partial charge in [-0.05, 0) is 24.3 Å². The van der Waals surface area contributed by atoms with Gasteiger partial charge in [-0.3, -0.25) is 9.69 Å². The van der Waals surface area contributed by atoms with Crippen molar-refractivity contribution in [2.45, 2.75) is 17.9 Å². The molecule has 0 bridgehead atoms. The number of para-hydroxylation sites is 3. The maximum absolute atomic E-state index is 11.0. The normalized spacial score (nSPS) is 19.8. The van der Waals surface area contributed by atoms with Crippen molar-refractivity contribution >= 4 is 40.0 Å². The Kier molecular flexibility index (Phi) is 4.73. The second-order valence-electron chi connectivity index (χ2n) is 5.31. The number of rotatable bonds is 4. The van der Waals surface area contributed by atoms with Crippen LogP contribution in [0.1, 0.15) is 6.42 Å². The highest BCUT2D eigenvalue weighted by atomic mass is 32.2. The number of aliphatic carboxylic acids is 1. The molecule has 1 aliphatic heterocycles. The molecule has 6 nitrogen and oxygen atoms in total. The Hall–Kier alpha value is -2.51. The summed E-state index contributed by atoms with van der Waals surface area (Å²) >= 11 is 1.24. The molecule has 0 saturated carbocycles. The Bertz CT molecular complexity index is 767. The van der Waals surface area contributed by atoms with Crippen LogP contribution in [0.2, 0.25) is 0 Å². The largest absolute Gasteiger partial charge is 0.481 e. The van der Waals surface area contributed by atoms with E-state index in [1.165, 1.54) is 11.8 Å². The summed E-state index contributed by atoms with van der Waals surface area (Å²) < 4.78 is 0. The van der Waals surface area contributed by atoms with E-state index in [4.69, 9.17) is 10.8 Å². The van der Waals surface area contributed by atoms with E-state index >= 15 is 0 Å².